The molecule has 1 aromatic carbocycles. The maximum Gasteiger partial charge on any atom is 0.210 e. The molecule has 5 heteroatoms. The summed E-state index contributed by atoms with van der Waals surface area (Å²) in [4.78, 5) is 25.9. The van der Waals surface area contributed by atoms with E-state index in [0.717, 1.165) is 0 Å². The van der Waals surface area contributed by atoms with Crippen LogP contribution in [-0.2, 0) is 10.5 Å². The molecule has 2 atom stereocenters. The van der Waals surface area contributed by atoms with E-state index in [4.69, 9.17) is 0 Å². The number of carbonyl (C=O) groups excluding carboxylic acids is 2. The first-order valence-corrected chi connectivity index (χ1v) is 6.33. The minimum atomic E-state index is -2.23. The van der Waals surface area contributed by atoms with Gasteiger partial charge in [0.05, 0.1) is 5.57 Å². The molecule has 0 amide bonds. The standard InChI is InChI=1S/C15H15NO4/c1-8-12(9(2)17)14(19)13(18)10-6-4-5-7-11(10)15(14,20)16(8)3/h4-7,19-20H,1-3H3. The zero-order valence-corrected chi connectivity index (χ0v) is 11.5. The number of benzene rings is 1. The molecule has 1 aromatic rings. The zero-order valence-electron chi connectivity index (χ0n) is 11.5. The van der Waals surface area contributed by atoms with Crippen LogP contribution in [0.2, 0.25) is 0 Å². The Balaban J connectivity index is 2.39. The number of fused-ring (bicyclic) bond motifs is 3. The molecular weight excluding hydrogens is 258 g/mol. The monoisotopic (exact) mass is 273 g/mol. The van der Waals surface area contributed by atoms with Crippen LogP contribution in [0.4, 0.5) is 0 Å². The second-order valence-electron chi connectivity index (χ2n) is 5.33. The first-order valence-electron chi connectivity index (χ1n) is 6.33. The van der Waals surface area contributed by atoms with Gasteiger partial charge in [-0.2, -0.15) is 0 Å². The van der Waals surface area contributed by atoms with E-state index in [1.54, 1.807) is 38.2 Å². The molecule has 5 nitrogen and oxygen atoms in total. The third-order valence-electron chi connectivity index (χ3n) is 4.44. The summed E-state index contributed by atoms with van der Waals surface area (Å²) in [6.45, 7) is 2.90. The number of Topliss-reactive ketones (excluding diaryl/α,β-unsaturated/α-hetero) is 2. The van der Waals surface area contributed by atoms with Crippen LogP contribution in [0.15, 0.2) is 35.5 Å². The molecule has 3 rings (SSSR count). The van der Waals surface area contributed by atoms with Crippen molar-refractivity contribution in [1.29, 1.82) is 0 Å². The molecule has 104 valence electrons. The molecule has 0 saturated carbocycles. The van der Waals surface area contributed by atoms with Gasteiger partial charge in [-0.05, 0) is 13.8 Å². The molecule has 1 aliphatic heterocycles. The Morgan fingerprint density at radius 3 is 2.45 bits per heavy atom. The summed E-state index contributed by atoms with van der Waals surface area (Å²) >= 11 is 0. The van der Waals surface area contributed by atoms with E-state index in [9.17, 15) is 19.8 Å². The largest absolute Gasteiger partial charge is 0.372 e. The summed E-state index contributed by atoms with van der Waals surface area (Å²) in [5.41, 5.74) is -3.22. The van der Waals surface area contributed by atoms with Gasteiger partial charge in [-0.25, -0.2) is 0 Å². The van der Waals surface area contributed by atoms with Crippen LogP contribution in [0, 0.1) is 0 Å². The summed E-state index contributed by atoms with van der Waals surface area (Å²) in [5.74, 6) is -1.06. The highest BCUT2D eigenvalue weighted by atomic mass is 16.4. The highest BCUT2D eigenvalue weighted by molar-refractivity contribution is 6.17. The molecule has 2 aliphatic rings. The van der Waals surface area contributed by atoms with Gasteiger partial charge in [-0.1, -0.05) is 24.3 Å². The van der Waals surface area contributed by atoms with E-state index < -0.39 is 22.9 Å². The molecule has 1 heterocycles. The highest BCUT2D eigenvalue weighted by Crippen LogP contribution is 2.55. The summed E-state index contributed by atoms with van der Waals surface area (Å²) in [6, 6.07) is 6.49. The van der Waals surface area contributed by atoms with Gasteiger partial charge in [-0.15, -0.1) is 0 Å². The number of nitrogens with zero attached hydrogens (tertiary/aromatic N) is 1. The number of allylic oxidation sites excluding steroid dienone is 1. The Kier molecular flexibility index (Phi) is 2.32. The van der Waals surface area contributed by atoms with E-state index in [1.165, 1.54) is 11.8 Å². The van der Waals surface area contributed by atoms with Crippen LogP contribution >= 0.6 is 0 Å². The smallest absolute Gasteiger partial charge is 0.210 e. The molecule has 0 aromatic heterocycles. The average Bonchev–Trinajstić information content (AvgIpc) is 2.68. The number of rotatable bonds is 1. The fourth-order valence-electron chi connectivity index (χ4n) is 3.43. The lowest BCUT2D eigenvalue weighted by atomic mass is 9.83. The number of carbonyl (C=O) groups is 2. The molecule has 2 N–H and O–H groups in total. The lowest BCUT2D eigenvalue weighted by Crippen LogP contribution is -2.56. The maximum absolute atomic E-state index is 12.6. The third kappa shape index (κ3) is 1.07. The van der Waals surface area contributed by atoms with Crippen LogP contribution in [0.3, 0.4) is 0 Å². The number of hydrogen-bond acceptors (Lipinski definition) is 5. The predicted molar refractivity (Wildman–Crippen MR) is 70.8 cm³/mol. The maximum atomic E-state index is 12.6. The quantitative estimate of drug-likeness (QED) is 0.782. The predicted octanol–water partition coefficient (Wildman–Crippen LogP) is 0.567. The Morgan fingerprint density at radius 2 is 1.85 bits per heavy atom. The van der Waals surface area contributed by atoms with Gasteiger partial charge in [0, 0.05) is 23.9 Å². The van der Waals surface area contributed by atoms with Crippen LogP contribution < -0.4 is 0 Å². The molecule has 2 unspecified atom stereocenters. The van der Waals surface area contributed by atoms with Crippen molar-refractivity contribution in [3.63, 3.8) is 0 Å². The van der Waals surface area contributed by atoms with Gasteiger partial charge in [-0.3, -0.25) is 9.59 Å². The Morgan fingerprint density at radius 1 is 1.25 bits per heavy atom. The van der Waals surface area contributed by atoms with Gasteiger partial charge >= 0.3 is 0 Å². The SMILES string of the molecule is CC(=O)C1=C(C)N(C)C2(O)c3ccccc3C(=O)C12O. The summed E-state index contributed by atoms with van der Waals surface area (Å²) in [6.07, 6.45) is 0. The topological polar surface area (TPSA) is 77.8 Å². The van der Waals surface area contributed by atoms with Crippen LogP contribution in [-0.4, -0.2) is 39.3 Å². The minimum Gasteiger partial charge on any atom is -0.372 e. The van der Waals surface area contributed by atoms with Crippen LogP contribution in [0.1, 0.15) is 29.8 Å². The van der Waals surface area contributed by atoms with Gasteiger partial charge in [0.25, 0.3) is 0 Å². The number of likely N-dealkylation sites (N-methyl/N-ethyl adjacent to an activating group) is 1. The second-order valence-corrected chi connectivity index (χ2v) is 5.33. The molecule has 0 fully saturated rings. The fourth-order valence-corrected chi connectivity index (χ4v) is 3.43. The van der Waals surface area contributed by atoms with Crippen molar-refractivity contribution in [3.05, 3.63) is 46.7 Å². The number of hydrogen-bond donors (Lipinski definition) is 2. The van der Waals surface area contributed by atoms with E-state index in [-0.39, 0.29) is 11.1 Å². The number of ketones is 2. The van der Waals surface area contributed by atoms with Crippen molar-refractivity contribution in [2.75, 3.05) is 7.05 Å². The van der Waals surface area contributed by atoms with Crippen molar-refractivity contribution in [1.82, 2.24) is 4.90 Å². The molecule has 20 heavy (non-hydrogen) atoms. The highest BCUT2D eigenvalue weighted by Gasteiger charge is 2.71. The zero-order chi connectivity index (χ0) is 14.9. The summed E-state index contributed by atoms with van der Waals surface area (Å²) < 4.78 is 0. The Hall–Kier alpha value is -1.98. The second kappa shape index (κ2) is 3.56. The summed E-state index contributed by atoms with van der Waals surface area (Å²) in [5, 5.41) is 22.0. The average molecular weight is 273 g/mol. The summed E-state index contributed by atoms with van der Waals surface area (Å²) in [7, 11) is 1.56. The first kappa shape index (κ1) is 13.0. The molecule has 0 saturated heterocycles. The van der Waals surface area contributed by atoms with Gasteiger partial charge < -0.3 is 15.1 Å². The molecule has 1 aliphatic carbocycles. The van der Waals surface area contributed by atoms with Gasteiger partial charge in [0.15, 0.2) is 5.78 Å². The molecular formula is C15H15NO4. The molecule has 0 spiro atoms. The Labute approximate surface area is 116 Å². The van der Waals surface area contributed by atoms with E-state index in [0.29, 0.717) is 11.3 Å². The van der Waals surface area contributed by atoms with Gasteiger partial charge in [0.1, 0.15) is 0 Å². The van der Waals surface area contributed by atoms with Gasteiger partial charge in [0.2, 0.25) is 17.1 Å². The van der Waals surface area contributed by atoms with Crippen molar-refractivity contribution < 1.29 is 19.8 Å². The van der Waals surface area contributed by atoms with Crippen molar-refractivity contribution in [2.45, 2.75) is 25.2 Å². The first-order chi connectivity index (χ1) is 9.27. The van der Waals surface area contributed by atoms with Crippen molar-refractivity contribution in [2.24, 2.45) is 0 Å². The molecule has 0 radical (unpaired) electrons. The number of aliphatic hydroxyl groups is 2. The van der Waals surface area contributed by atoms with Crippen molar-refractivity contribution in [3.8, 4) is 0 Å². The van der Waals surface area contributed by atoms with E-state index in [2.05, 4.69) is 0 Å². The Bertz CT molecular complexity index is 693. The minimum absolute atomic E-state index is 0.0382. The van der Waals surface area contributed by atoms with Crippen LogP contribution in [0.25, 0.3) is 0 Å². The lowest BCUT2D eigenvalue weighted by molar-refractivity contribution is -0.164. The third-order valence-corrected chi connectivity index (χ3v) is 4.44. The fraction of sp³-hybridized carbons (Fsp3) is 0.333. The van der Waals surface area contributed by atoms with Crippen LogP contribution in [0.5, 0.6) is 0 Å². The van der Waals surface area contributed by atoms with Crippen molar-refractivity contribution >= 4 is 11.6 Å². The lowest BCUT2D eigenvalue weighted by Gasteiger charge is -2.37. The van der Waals surface area contributed by atoms with E-state index in [1.807, 2.05) is 0 Å². The normalized spacial score (nSPS) is 31.6. The van der Waals surface area contributed by atoms with E-state index >= 15 is 0 Å². The molecule has 0 bridgehead atoms.